The predicted octanol–water partition coefficient (Wildman–Crippen LogP) is 3.25. The number of amides is 2. The third kappa shape index (κ3) is 4.30. The molecule has 1 atom stereocenters. The first-order valence-electron chi connectivity index (χ1n) is 7.54. The van der Waals surface area contributed by atoms with E-state index in [1.807, 2.05) is 13.8 Å². The summed E-state index contributed by atoms with van der Waals surface area (Å²) in [5, 5.41) is 6.05. The summed E-state index contributed by atoms with van der Waals surface area (Å²) in [6, 6.07) is 3.57. The predicted molar refractivity (Wildman–Crippen MR) is 92.7 cm³/mol. The van der Waals surface area contributed by atoms with Gasteiger partial charge >= 0.3 is 0 Å². The van der Waals surface area contributed by atoms with Crippen LogP contribution >= 0.6 is 22.9 Å². The van der Waals surface area contributed by atoms with Crippen molar-refractivity contribution in [3.05, 3.63) is 40.1 Å². The van der Waals surface area contributed by atoms with Crippen LogP contribution < -0.4 is 10.6 Å². The minimum absolute atomic E-state index is 0.185. The van der Waals surface area contributed by atoms with Gasteiger partial charge in [0.25, 0.3) is 5.91 Å². The first kappa shape index (κ1) is 18.4. The highest BCUT2D eigenvalue weighted by molar-refractivity contribution is 7.16. The van der Waals surface area contributed by atoms with E-state index in [1.54, 1.807) is 6.07 Å². The van der Waals surface area contributed by atoms with Gasteiger partial charge in [0.05, 0.1) is 6.20 Å². The lowest BCUT2D eigenvalue weighted by atomic mass is 10.2. The molecule has 5 nitrogen and oxygen atoms in total. The fourth-order valence-electron chi connectivity index (χ4n) is 2.15. The molecule has 0 radical (unpaired) electrons. The van der Waals surface area contributed by atoms with Crippen LogP contribution in [-0.4, -0.2) is 29.4 Å². The molecule has 128 valence electrons. The second-order valence-electron chi connectivity index (χ2n) is 4.79. The van der Waals surface area contributed by atoms with Gasteiger partial charge in [0.2, 0.25) is 5.91 Å². The zero-order chi connectivity index (χ0) is 17.7. The van der Waals surface area contributed by atoms with Crippen LogP contribution in [0.25, 0.3) is 10.6 Å². The van der Waals surface area contributed by atoms with E-state index in [9.17, 15) is 14.0 Å². The average Bonchev–Trinajstić information content (AvgIpc) is 3.18. The molecule has 0 saturated carbocycles. The van der Waals surface area contributed by atoms with Gasteiger partial charge in [-0.25, -0.2) is 9.37 Å². The summed E-state index contributed by atoms with van der Waals surface area (Å²) < 4.78 is 13.4. The third-order valence-electron chi connectivity index (χ3n) is 3.19. The van der Waals surface area contributed by atoms with E-state index < -0.39 is 11.9 Å². The van der Waals surface area contributed by atoms with E-state index in [2.05, 4.69) is 15.6 Å². The van der Waals surface area contributed by atoms with E-state index in [4.69, 9.17) is 11.6 Å². The van der Waals surface area contributed by atoms with Crippen molar-refractivity contribution in [2.45, 2.75) is 26.3 Å². The smallest absolute Gasteiger partial charge is 0.263 e. The van der Waals surface area contributed by atoms with Gasteiger partial charge in [-0.2, -0.15) is 0 Å². The number of rotatable bonds is 3. The van der Waals surface area contributed by atoms with E-state index in [0.29, 0.717) is 28.4 Å². The maximum Gasteiger partial charge on any atom is 0.263 e. The van der Waals surface area contributed by atoms with Crippen LogP contribution in [0.5, 0.6) is 0 Å². The lowest BCUT2D eigenvalue weighted by Crippen LogP contribution is -2.39. The van der Waals surface area contributed by atoms with Gasteiger partial charge in [0, 0.05) is 17.1 Å². The van der Waals surface area contributed by atoms with Crippen molar-refractivity contribution >= 4 is 34.8 Å². The lowest BCUT2D eigenvalue weighted by Gasteiger charge is -2.07. The third-order valence-corrected chi connectivity index (χ3v) is 4.46. The number of nitrogens with one attached hydrogen (secondary N) is 2. The molecule has 2 heterocycles. The molecule has 1 fully saturated rings. The Labute approximate surface area is 148 Å². The van der Waals surface area contributed by atoms with Crippen molar-refractivity contribution in [2.75, 3.05) is 6.54 Å². The Morgan fingerprint density at radius 1 is 1.42 bits per heavy atom. The van der Waals surface area contributed by atoms with E-state index in [0.717, 1.165) is 11.3 Å². The normalized spacial score (nSPS) is 16.2. The Hall–Kier alpha value is -1.99. The summed E-state index contributed by atoms with van der Waals surface area (Å²) in [5.41, 5.74) is 0.507. The average molecular weight is 370 g/mol. The lowest BCUT2D eigenvalue weighted by molar-refractivity contribution is -0.120. The second-order valence-corrected chi connectivity index (χ2v) is 6.26. The van der Waals surface area contributed by atoms with Gasteiger partial charge in [-0.05, 0) is 24.6 Å². The number of benzene rings is 1. The maximum atomic E-state index is 13.4. The number of thiazole rings is 1. The van der Waals surface area contributed by atoms with Gasteiger partial charge in [-0.1, -0.05) is 25.4 Å². The zero-order valence-electron chi connectivity index (χ0n) is 13.2. The monoisotopic (exact) mass is 369 g/mol. The molecule has 1 aliphatic heterocycles. The molecule has 8 heteroatoms. The van der Waals surface area contributed by atoms with Gasteiger partial charge in [-0.15, -0.1) is 11.3 Å². The molecule has 2 aromatic rings. The summed E-state index contributed by atoms with van der Waals surface area (Å²) >= 11 is 6.93. The van der Waals surface area contributed by atoms with Crippen LogP contribution in [0.4, 0.5) is 4.39 Å². The van der Waals surface area contributed by atoms with Gasteiger partial charge in [0.15, 0.2) is 0 Å². The van der Waals surface area contributed by atoms with Gasteiger partial charge in [0.1, 0.15) is 21.7 Å². The quantitative estimate of drug-likeness (QED) is 0.872. The largest absolute Gasteiger partial charge is 0.354 e. The molecule has 2 N–H and O–H groups in total. The van der Waals surface area contributed by atoms with Crippen molar-refractivity contribution in [3.63, 3.8) is 0 Å². The minimum atomic E-state index is -0.512. The summed E-state index contributed by atoms with van der Waals surface area (Å²) in [6.45, 7) is 4.56. The summed E-state index contributed by atoms with van der Waals surface area (Å²) in [6.07, 6.45) is 1.97. The number of aromatic nitrogens is 1. The molecule has 1 saturated heterocycles. The summed E-state index contributed by atoms with van der Waals surface area (Å²) in [5.74, 6) is -1.02. The second kappa shape index (κ2) is 8.21. The summed E-state index contributed by atoms with van der Waals surface area (Å²) in [4.78, 5) is 28.0. The highest BCUT2D eigenvalue weighted by atomic mass is 35.5. The molecule has 0 bridgehead atoms. The van der Waals surface area contributed by atoms with Crippen molar-refractivity contribution < 1.29 is 14.0 Å². The van der Waals surface area contributed by atoms with Crippen LogP contribution in [0.3, 0.4) is 0 Å². The Bertz CT molecular complexity index is 730. The Kier molecular flexibility index (Phi) is 6.28. The first-order valence-corrected chi connectivity index (χ1v) is 8.73. The number of hydrogen-bond donors (Lipinski definition) is 2. The highest BCUT2D eigenvalue weighted by Crippen LogP contribution is 2.28. The van der Waals surface area contributed by atoms with E-state index in [1.165, 1.54) is 18.3 Å². The van der Waals surface area contributed by atoms with Crippen LogP contribution in [0.1, 0.15) is 29.9 Å². The van der Waals surface area contributed by atoms with Crippen molar-refractivity contribution in [1.29, 1.82) is 0 Å². The Morgan fingerprint density at radius 3 is 2.79 bits per heavy atom. The molecule has 3 rings (SSSR count). The molecule has 2 amide bonds. The SMILES string of the molecule is CC.O=C(NC1CCNC1=O)c1cnc(-c2cc(F)cc(Cl)c2)s1. The van der Waals surface area contributed by atoms with Crippen molar-refractivity contribution in [2.24, 2.45) is 0 Å². The molecular formula is C16H17ClFN3O2S. The van der Waals surface area contributed by atoms with Crippen LogP contribution in [0, 0.1) is 5.82 Å². The van der Waals surface area contributed by atoms with Crippen molar-refractivity contribution in [1.82, 2.24) is 15.6 Å². The van der Waals surface area contributed by atoms with Crippen molar-refractivity contribution in [3.8, 4) is 10.6 Å². The topological polar surface area (TPSA) is 71.1 Å². The van der Waals surface area contributed by atoms with Crippen LogP contribution in [0.15, 0.2) is 24.4 Å². The van der Waals surface area contributed by atoms with E-state index >= 15 is 0 Å². The fourth-order valence-corrected chi connectivity index (χ4v) is 3.18. The van der Waals surface area contributed by atoms with Crippen LogP contribution in [0.2, 0.25) is 5.02 Å². The number of carbonyl (C=O) groups is 2. The van der Waals surface area contributed by atoms with Crippen LogP contribution in [-0.2, 0) is 4.79 Å². The molecule has 1 aliphatic rings. The fraction of sp³-hybridized carbons (Fsp3) is 0.312. The molecule has 1 unspecified atom stereocenters. The Balaban J connectivity index is 0.00000100. The first-order chi connectivity index (χ1) is 11.5. The maximum absolute atomic E-state index is 13.4. The molecule has 0 spiro atoms. The highest BCUT2D eigenvalue weighted by Gasteiger charge is 2.26. The molecule has 1 aromatic carbocycles. The standard InChI is InChI=1S/C14H11ClFN3O2S.C2H6/c15-8-3-7(4-9(16)5-8)14-18-6-11(22-14)13(21)19-10-1-2-17-12(10)20;1-2/h3-6,10H,1-2H2,(H,17,20)(H,19,21);1-2H3. The van der Waals surface area contributed by atoms with Gasteiger partial charge < -0.3 is 10.6 Å². The number of halogens is 2. The van der Waals surface area contributed by atoms with E-state index in [-0.39, 0.29) is 16.8 Å². The molecular weight excluding hydrogens is 353 g/mol. The minimum Gasteiger partial charge on any atom is -0.354 e. The Morgan fingerprint density at radius 2 is 2.17 bits per heavy atom. The molecule has 1 aromatic heterocycles. The molecule has 24 heavy (non-hydrogen) atoms. The summed E-state index contributed by atoms with van der Waals surface area (Å²) in [7, 11) is 0. The number of hydrogen-bond acceptors (Lipinski definition) is 4. The number of carbonyl (C=O) groups excluding carboxylic acids is 2. The number of nitrogens with zero attached hydrogens (tertiary/aromatic N) is 1. The zero-order valence-corrected chi connectivity index (χ0v) is 14.8. The molecule has 0 aliphatic carbocycles. The van der Waals surface area contributed by atoms with Gasteiger partial charge in [-0.3, -0.25) is 9.59 Å².